The Morgan fingerprint density at radius 1 is 0.304 bits per heavy atom. The first-order valence-corrected chi connectivity index (χ1v) is 27.3. The highest BCUT2D eigenvalue weighted by atomic mass is 16.6. The Labute approximate surface area is 423 Å². The first-order chi connectivity index (χ1) is 34.0. The normalized spacial score (nSPS) is 13.3. The van der Waals surface area contributed by atoms with Gasteiger partial charge in [0.2, 0.25) is 0 Å². The Bertz CT molecular complexity index is 1560. The van der Waals surface area contributed by atoms with E-state index < -0.39 is 6.10 Å². The molecule has 0 saturated heterocycles. The summed E-state index contributed by atoms with van der Waals surface area (Å²) in [6, 6.07) is 0. The largest absolute Gasteiger partial charge is 0.462 e. The number of hydrogen-bond acceptors (Lipinski definition) is 6. The zero-order valence-corrected chi connectivity index (χ0v) is 44.0. The highest BCUT2D eigenvalue weighted by Gasteiger charge is 2.19. The topological polar surface area (TPSA) is 78.9 Å². The summed E-state index contributed by atoms with van der Waals surface area (Å²) in [7, 11) is 0. The summed E-state index contributed by atoms with van der Waals surface area (Å²) in [5.41, 5.74) is 0. The number of carbonyl (C=O) groups excluding carboxylic acids is 3. The van der Waals surface area contributed by atoms with Crippen LogP contribution in [0.15, 0.2) is 146 Å². The van der Waals surface area contributed by atoms with E-state index in [9.17, 15) is 14.4 Å². The van der Waals surface area contributed by atoms with E-state index in [1.54, 1.807) is 0 Å². The van der Waals surface area contributed by atoms with E-state index in [1.165, 1.54) is 25.7 Å². The molecule has 0 spiro atoms. The fourth-order valence-electron chi connectivity index (χ4n) is 6.81. The summed E-state index contributed by atoms with van der Waals surface area (Å²) in [5, 5.41) is 0. The maximum atomic E-state index is 12.8. The molecule has 0 fully saturated rings. The van der Waals surface area contributed by atoms with Gasteiger partial charge in [0.15, 0.2) is 6.10 Å². The molecule has 0 N–H and O–H groups in total. The molecule has 69 heavy (non-hydrogen) atoms. The molecule has 0 aliphatic heterocycles. The van der Waals surface area contributed by atoms with E-state index in [0.717, 1.165) is 141 Å². The van der Waals surface area contributed by atoms with Crippen LogP contribution in [-0.4, -0.2) is 37.2 Å². The van der Waals surface area contributed by atoms with Crippen molar-refractivity contribution in [3.63, 3.8) is 0 Å². The molecule has 0 saturated carbocycles. The van der Waals surface area contributed by atoms with Crippen molar-refractivity contribution in [2.75, 3.05) is 13.2 Å². The van der Waals surface area contributed by atoms with Crippen molar-refractivity contribution < 1.29 is 28.6 Å². The molecule has 0 radical (unpaired) electrons. The monoisotopic (exact) mass is 951 g/mol. The van der Waals surface area contributed by atoms with E-state index in [4.69, 9.17) is 14.2 Å². The first kappa shape index (κ1) is 64.3. The lowest BCUT2D eigenvalue weighted by Gasteiger charge is -2.18. The van der Waals surface area contributed by atoms with Gasteiger partial charge in [0.1, 0.15) is 13.2 Å². The van der Waals surface area contributed by atoms with E-state index in [-0.39, 0.29) is 37.5 Å². The van der Waals surface area contributed by atoms with E-state index >= 15 is 0 Å². The highest BCUT2D eigenvalue weighted by Crippen LogP contribution is 2.12. The summed E-state index contributed by atoms with van der Waals surface area (Å²) < 4.78 is 16.7. The number of allylic oxidation sites excluding steroid dienone is 24. The van der Waals surface area contributed by atoms with Gasteiger partial charge in [0.05, 0.1) is 0 Å². The number of carbonyl (C=O) groups is 3. The van der Waals surface area contributed by atoms with Crippen LogP contribution in [0.5, 0.6) is 0 Å². The van der Waals surface area contributed by atoms with E-state index in [1.807, 2.05) is 0 Å². The van der Waals surface area contributed by atoms with Gasteiger partial charge in [-0.1, -0.05) is 224 Å². The van der Waals surface area contributed by atoms with Crippen LogP contribution < -0.4 is 0 Å². The lowest BCUT2D eigenvalue weighted by atomic mass is 10.1. The van der Waals surface area contributed by atoms with Gasteiger partial charge in [0.25, 0.3) is 0 Å². The molecule has 0 rings (SSSR count). The van der Waals surface area contributed by atoms with Gasteiger partial charge in [-0.3, -0.25) is 14.4 Å². The molecule has 0 aromatic heterocycles. The molecule has 6 heteroatoms. The van der Waals surface area contributed by atoms with E-state index in [2.05, 4.69) is 167 Å². The second kappa shape index (κ2) is 55.9. The molecule has 0 aromatic carbocycles. The fraction of sp³-hybridized carbons (Fsp3) is 0.571. The summed E-state index contributed by atoms with van der Waals surface area (Å²) in [6.45, 7) is 6.28. The number of rotatable bonds is 47. The Balaban J connectivity index is 4.35. The van der Waals surface area contributed by atoms with Crippen molar-refractivity contribution in [2.45, 2.75) is 219 Å². The second-order valence-corrected chi connectivity index (χ2v) is 17.4. The zero-order valence-electron chi connectivity index (χ0n) is 44.0. The Morgan fingerprint density at radius 3 is 0.928 bits per heavy atom. The minimum Gasteiger partial charge on any atom is -0.462 e. The van der Waals surface area contributed by atoms with Gasteiger partial charge in [-0.2, -0.15) is 0 Å². The van der Waals surface area contributed by atoms with Crippen LogP contribution in [0.2, 0.25) is 0 Å². The molecule has 1 unspecified atom stereocenters. The Morgan fingerprint density at radius 2 is 0.580 bits per heavy atom. The molecule has 0 aliphatic rings. The molecular formula is C63H98O6. The van der Waals surface area contributed by atoms with Crippen molar-refractivity contribution in [3.8, 4) is 0 Å². The number of esters is 3. The third-order valence-electron chi connectivity index (χ3n) is 10.8. The highest BCUT2D eigenvalue weighted by molar-refractivity contribution is 5.71. The van der Waals surface area contributed by atoms with Gasteiger partial charge in [-0.05, 0) is 116 Å². The number of hydrogen-bond donors (Lipinski definition) is 0. The van der Waals surface area contributed by atoms with Gasteiger partial charge in [-0.25, -0.2) is 0 Å². The molecule has 0 heterocycles. The summed E-state index contributed by atoms with van der Waals surface area (Å²) in [5.74, 6) is -1.01. The Hall–Kier alpha value is -4.71. The van der Waals surface area contributed by atoms with Crippen LogP contribution in [0, 0.1) is 0 Å². The minimum absolute atomic E-state index is 0.112. The van der Waals surface area contributed by atoms with Crippen LogP contribution in [0.25, 0.3) is 0 Å². The molecule has 0 bridgehead atoms. The average Bonchev–Trinajstić information content (AvgIpc) is 3.35. The lowest BCUT2D eigenvalue weighted by Crippen LogP contribution is -2.30. The lowest BCUT2D eigenvalue weighted by molar-refractivity contribution is -0.167. The second-order valence-electron chi connectivity index (χ2n) is 17.4. The third-order valence-corrected chi connectivity index (χ3v) is 10.8. The average molecular weight is 951 g/mol. The third kappa shape index (κ3) is 54.1. The molecule has 0 aliphatic carbocycles. The maximum Gasteiger partial charge on any atom is 0.306 e. The molecule has 386 valence electrons. The standard InChI is InChI=1S/C63H98O6/c1-4-7-10-13-16-18-20-22-24-26-27-28-29-30-31-32-33-34-35-37-38-40-42-44-47-50-53-56-62(65)68-59-60(58-67-61(64)55-52-49-46-15-12-9-6-3)69-63(66)57-54-51-48-45-43-41-39-36-25-23-21-19-17-14-11-8-5-2/h7-8,10-11,16-19,22-25,27-28,30-31,33-34,37-39,41,45,48,60H,4-6,9,12-15,20-21,26,29,32,35-36,40,42-44,46-47,49-59H2,1-3H3/b10-7-,11-8-,18-16-,19-17-,24-22-,25-23-,28-27-,31-30-,34-33-,38-37-,41-39-,48-45-. The SMILES string of the molecule is CC/C=C\C/C=C\C/C=C\C/C=C\C/C=C\C/C=C\C/C=C\CCCCCCCC(=O)OCC(COC(=O)CCCCCCCCC)OC(=O)CCC/C=C\C/C=C\C/C=C\C/C=C\C/C=C\CC. The summed E-state index contributed by atoms with van der Waals surface area (Å²) in [6.07, 6.45) is 80.0. The summed E-state index contributed by atoms with van der Waals surface area (Å²) >= 11 is 0. The van der Waals surface area contributed by atoms with Gasteiger partial charge < -0.3 is 14.2 Å². The first-order valence-electron chi connectivity index (χ1n) is 27.3. The molecule has 0 amide bonds. The maximum absolute atomic E-state index is 12.8. The summed E-state index contributed by atoms with van der Waals surface area (Å²) in [4.78, 5) is 37.9. The fourth-order valence-corrected chi connectivity index (χ4v) is 6.81. The smallest absolute Gasteiger partial charge is 0.306 e. The van der Waals surface area contributed by atoms with Gasteiger partial charge >= 0.3 is 17.9 Å². The zero-order chi connectivity index (χ0) is 50.0. The van der Waals surface area contributed by atoms with Crippen molar-refractivity contribution in [1.29, 1.82) is 0 Å². The van der Waals surface area contributed by atoms with Crippen molar-refractivity contribution in [1.82, 2.24) is 0 Å². The van der Waals surface area contributed by atoms with Gasteiger partial charge in [0, 0.05) is 19.3 Å². The molecule has 0 aromatic rings. The van der Waals surface area contributed by atoms with Crippen molar-refractivity contribution in [2.24, 2.45) is 0 Å². The van der Waals surface area contributed by atoms with Crippen LogP contribution >= 0.6 is 0 Å². The molecule has 1 atom stereocenters. The quantitative estimate of drug-likeness (QED) is 0.0262. The van der Waals surface area contributed by atoms with Crippen LogP contribution in [0.1, 0.15) is 213 Å². The van der Waals surface area contributed by atoms with Crippen molar-refractivity contribution in [3.05, 3.63) is 146 Å². The number of ether oxygens (including phenoxy) is 3. The number of unbranched alkanes of at least 4 members (excludes halogenated alkanes) is 12. The molecular weight excluding hydrogens is 853 g/mol. The minimum atomic E-state index is -0.819. The predicted octanol–water partition coefficient (Wildman–Crippen LogP) is 18.4. The molecule has 6 nitrogen and oxygen atoms in total. The van der Waals surface area contributed by atoms with Crippen molar-refractivity contribution >= 4 is 17.9 Å². The predicted molar refractivity (Wildman–Crippen MR) is 297 cm³/mol. The van der Waals surface area contributed by atoms with Crippen LogP contribution in [0.3, 0.4) is 0 Å². The van der Waals surface area contributed by atoms with Crippen LogP contribution in [0.4, 0.5) is 0 Å². The van der Waals surface area contributed by atoms with Gasteiger partial charge in [-0.15, -0.1) is 0 Å². The van der Waals surface area contributed by atoms with E-state index in [0.29, 0.717) is 19.3 Å². The van der Waals surface area contributed by atoms with Crippen LogP contribution in [-0.2, 0) is 28.6 Å². The Kier molecular flexibility index (Phi) is 52.1.